The largest absolute Gasteiger partial charge is 0.457 e. The third kappa shape index (κ3) is 4.30. The van der Waals surface area contributed by atoms with Crippen LogP contribution in [0.4, 0.5) is 5.69 Å². The van der Waals surface area contributed by atoms with Crippen LogP contribution in [0.15, 0.2) is 188 Å². The predicted octanol–water partition coefficient (Wildman–Crippen LogP) is 13.4. The summed E-state index contributed by atoms with van der Waals surface area (Å²) in [6, 6.07) is 61.9. The molecule has 11 aromatic rings. The second-order valence-electron chi connectivity index (χ2n) is 15.6. The molecule has 1 spiro atoms. The number of ether oxygens (including phenoxy) is 1. The summed E-state index contributed by atoms with van der Waals surface area (Å²) in [5.41, 5.74) is 14.5. The van der Waals surface area contributed by atoms with Crippen molar-refractivity contribution in [3.05, 3.63) is 222 Å². The van der Waals surface area contributed by atoms with Gasteiger partial charge < -0.3 is 13.9 Å². The summed E-state index contributed by atoms with van der Waals surface area (Å²) in [6.07, 6.45) is 3.87. The van der Waals surface area contributed by atoms with E-state index in [2.05, 4.69) is 166 Å². The Bertz CT molecular complexity index is 3670. The van der Waals surface area contributed by atoms with Gasteiger partial charge in [-0.25, -0.2) is 4.85 Å². The lowest BCUT2D eigenvalue weighted by molar-refractivity contribution is 0.436. The van der Waals surface area contributed by atoms with Gasteiger partial charge in [0.25, 0.3) is 0 Å². The zero-order chi connectivity index (χ0) is 39.5. The van der Waals surface area contributed by atoms with Crippen LogP contribution in [0, 0.1) is 6.57 Å². The van der Waals surface area contributed by atoms with E-state index in [9.17, 15) is 0 Å². The highest BCUT2D eigenvalue weighted by atomic mass is 16.5. The summed E-state index contributed by atoms with van der Waals surface area (Å²) in [4.78, 5) is 14.1. The highest BCUT2D eigenvalue weighted by Crippen LogP contribution is 2.62. The Morgan fingerprint density at radius 3 is 1.92 bits per heavy atom. The number of hydrogen-bond donors (Lipinski definition) is 0. The maximum atomic E-state index is 7.74. The van der Waals surface area contributed by atoms with Crippen LogP contribution in [0.1, 0.15) is 22.3 Å². The van der Waals surface area contributed by atoms with Crippen molar-refractivity contribution in [3.63, 3.8) is 0 Å². The molecular formula is C54H31N5O. The highest BCUT2D eigenvalue weighted by Gasteiger charge is 2.52. The van der Waals surface area contributed by atoms with E-state index >= 15 is 0 Å². The van der Waals surface area contributed by atoms with Crippen LogP contribution in [0.25, 0.3) is 82.3 Å². The van der Waals surface area contributed by atoms with Crippen molar-refractivity contribution in [2.45, 2.75) is 5.41 Å². The van der Waals surface area contributed by atoms with Crippen molar-refractivity contribution in [2.24, 2.45) is 0 Å². The van der Waals surface area contributed by atoms with Crippen LogP contribution in [-0.4, -0.2) is 19.1 Å². The number of aromatic nitrogens is 4. The van der Waals surface area contributed by atoms with E-state index < -0.39 is 5.41 Å². The van der Waals surface area contributed by atoms with Gasteiger partial charge in [0.2, 0.25) is 0 Å². The van der Waals surface area contributed by atoms with E-state index in [0.717, 1.165) is 95.0 Å². The molecule has 0 saturated carbocycles. The van der Waals surface area contributed by atoms with Crippen LogP contribution in [0.5, 0.6) is 11.5 Å². The molecule has 7 aromatic carbocycles. The first-order valence-electron chi connectivity index (χ1n) is 20.1. The molecule has 6 nitrogen and oxygen atoms in total. The number of rotatable bonds is 3. The molecule has 1 atom stereocenters. The molecule has 278 valence electrons. The minimum atomic E-state index is -0.786. The SMILES string of the molecule is [C-]#[N+]c1ccc2c(c1)c1ccccc1n2-c1ccc2c(c1)C1(c3ccccc3O2)c2cccnc2-c2ncc(-c3ccc4c(c3)c3ccccc3n4-c3ccccc3)cc21. The van der Waals surface area contributed by atoms with Gasteiger partial charge in [0.1, 0.15) is 11.5 Å². The Morgan fingerprint density at radius 2 is 1.10 bits per heavy atom. The third-order valence-electron chi connectivity index (χ3n) is 12.7. The van der Waals surface area contributed by atoms with Crippen molar-refractivity contribution in [1.29, 1.82) is 0 Å². The van der Waals surface area contributed by atoms with Gasteiger partial charge in [0.15, 0.2) is 5.69 Å². The molecule has 60 heavy (non-hydrogen) atoms. The maximum Gasteiger partial charge on any atom is 0.188 e. The van der Waals surface area contributed by atoms with Gasteiger partial charge in [-0.2, -0.15) is 0 Å². The van der Waals surface area contributed by atoms with E-state index in [1.54, 1.807) is 0 Å². The zero-order valence-electron chi connectivity index (χ0n) is 32.0. The van der Waals surface area contributed by atoms with Crippen LogP contribution in [0.2, 0.25) is 0 Å². The first kappa shape index (κ1) is 32.8. The number of hydrogen-bond acceptors (Lipinski definition) is 3. The van der Waals surface area contributed by atoms with Crippen molar-refractivity contribution in [3.8, 4) is 45.4 Å². The summed E-state index contributed by atoms with van der Waals surface area (Å²) in [5, 5.41) is 4.54. The lowest BCUT2D eigenvalue weighted by atomic mass is 9.66. The minimum absolute atomic E-state index is 0.621. The van der Waals surface area contributed by atoms with Crippen LogP contribution in [0.3, 0.4) is 0 Å². The predicted molar refractivity (Wildman–Crippen MR) is 240 cm³/mol. The number of para-hydroxylation sites is 4. The van der Waals surface area contributed by atoms with E-state index in [1.807, 2.05) is 36.7 Å². The summed E-state index contributed by atoms with van der Waals surface area (Å²) < 4.78 is 11.5. The molecule has 5 heterocycles. The lowest BCUT2D eigenvalue weighted by Gasteiger charge is -2.39. The fourth-order valence-corrected chi connectivity index (χ4v) is 10.2. The van der Waals surface area contributed by atoms with Gasteiger partial charge in [-0.05, 0) is 101 Å². The van der Waals surface area contributed by atoms with E-state index in [4.69, 9.17) is 21.3 Å². The number of benzene rings is 7. The van der Waals surface area contributed by atoms with Gasteiger partial charge in [-0.3, -0.25) is 9.97 Å². The molecule has 0 amide bonds. The van der Waals surface area contributed by atoms with Gasteiger partial charge in [-0.1, -0.05) is 91.0 Å². The third-order valence-corrected chi connectivity index (χ3v) is 12.7. The molecule has 1 unspecified atom stereocenters. The maximum absolute atomic E-state index is 7.74. The molecule has 13 rings (SSSR count). The quantitative estimate of drug-likeness (QED) is 0.168. The van der Waals surface area contributed by atoms with Crippen molar-refractivity contribution in [2.75, 3.05) is 0 Å². The molecule has 0 fully saturated rings. The molecular weight excluding hydrogens is 735 g/mol. The fourth-order valence-electron chi connectivity index (χ4n) is 10.2. The Morgan fingerprint density at radius 1 is 0.450 bits per heavy atom. The van der Waals surface area contributed by atoms with Crippen LogP contribution < -0.4 is 4.74 Å². The second-order valence-corrected chi connectivity index (χ2v) is 15.6. The van der Waals surface area contributed by atoms with Crippen LogP contribution in [-0.2, 0) is 5.41 Å². The average molecular weight is 766 g/mol. The molecule has 0 radical (unpaired) electrons. The monoisotopic (exact) mass is 765 g/mol. The van der Waals surface area contributed by atoms with E-state index in [1.165, 1.54) is 16.3 Å². The number of nitrogens with zero attached hydrogens (tertiary/aromatic N) is 5. The summed E-state index contributed by atoms with van der Waals surface area (Å²) in [7, 11) is 0. The zero-order valence-corrected chi connectivity index (χ0v) is 32.0. The first-order valence-corrected chi connectivity index (χ1v) is 20.1. The Hall–Kier alpha value is -8.27. The Balaban J connectivity index is 1.07. The van der Waals surface area contributed by atoms with Crippen molar-refractivity contribution in [1.82, 2.24) is 19.1 Å². The van der Waals surface area contributed by atoms with Crippen molar-refractivity contribution >= 4 is 49.3 Å². The van der Waals surface area contributed by atoms with Crippen LogP contribution >= 0.6 is 0 Å². The summed E-state index contributed by atoms with van der Waals surface area (Å²) >= 11 is 0. The van der Waals surface area contributed by atoms with Gasteiger partial charge >= 0.3 is 0 Å². The van der Waals surface area contributed by atoms with Gasteiger partial charge in [-0.15, -0.1) is 0 Å². The molecule has 2 aliphatic rings. The topological polar surface area (TPSA) is 49.2 Å². The number of pyridine rings is 2. The second kappa shape index (κ2) is 12.1. The fraction of sp³-hybridized carbons (Fsp3) is 0.0185. The smallest absolute Gasteiger partial charge is 0.188 e. The number of fused-ring (bicyclic) bond motifs is 15. The molecule has 0 N–H and O–H groups in total. The van der Waals surface area contributed by atoms with E-state index in [0.29, 0.717) is 5.69 Å². The lowest BCUT2D eigenvalue weighted by Crippen LogP contribution is -2.32. The van der Waals surface area contributed by atoms with Gasteiger partial charge in [0.05, 0.1) is 45.4 Å². The first-order chi connectivity index (χ1) is 29.7. The normalized spacial score (nSPS) is 14.8. The van der Waals surface area contributed by atoms with Crippen molar-refractivity contribution < 1.29 is 4.74 Å². The Kier molecular flexibility index (Phi) is 6.62. The molecule has 1 aliphatic carbocycles. The molecule has 0 saturated heterocycles. The summed E-state index contributed by atoms with van der Waals surface area (Å²) in [5.74, 6) is 1.60. The van der Waals surface area contributed by atoms with E-state index in [-0.39, 0.29) is 0 Å². The Labute approximate surface area is 344 Å². The highest BCUT2D eigenvalue weighted by molar-refractivity contribution is 6.11. The van der Waals surface area contributed by atoms with Gasteiger partial charge in [0, 0.05) is 62.2 Å². The molecule has 0 bridgehead atoms. The standard InChI is InChI=1S/C54H31N5O/c1-55-35-22-25-49-41(30-35)39-15-6-9-19-47(39)59(49)37-23-26-51-44(31-37)54(42-16-7-10-20-50(42)60-51)43-17-11-27-56-52(43)53-45(54)29-34(32-57-53)33-21-24-48-40(28-33)38-14-5-8-18-46(38)58(48)36-12-3-2-4-13-36/h2-32H. The molecule has 1 aliphatic heterocycles. The minimum Gasteiger partial charge on any atom is -0.457 e. The summed E-state index contributed by atoms with van der Waals surface area (Å²) in [6.45, 7) is 7.74. The molecule has 6 heteroatoms. The average Bonchev–Trinajstić information content (AvgIpc) is 3.93. The molecule has 4 aromatic heterocycles.